The summed E-state index contributed by atoms with van der Waals surface area (Å²) in [6, 6.07) is 7.45. The van der Waals surface area contributed by atoms with Gasteiger partial charge in [0, 0.05) is 5.56 Å². The number of aldehydes is 1. The van der Waals surface area contributed by atoms with Gasteiger partial charge in [0.25, 0.3) is 0 Å². The van der Waals surface area contributed by atoms with Gasteiger partial charge < -0.3 is 9.47 Å². The van der Waals surface area contributed by atoms with E-state index >= 15 is 0 Å². The lowest BCUT2D eigenvalue weighted by Crippen LogP contribution is -2.15. The van der Waals surface area contributed by atoms with Crippen LogP contribution in [0.15, 0.2) is 41.7 Å². The molecule has 0 spiro atoms. The van der Waals surface area contributed by atoms with Gasteiger partial charge in [-0.2, -0.15) is 0 Å². The molecule has 0 radical (unpaired) electrons. The first-order chi connectivity index (χ1) is 9.17. The van der Waals surface area contributed by atoms with Gasteiger partial charge in [-0.3, -0.25) is 4.79 Å². The Morgan fingerprint density at radius 2 is 2.11 bits per heavy atom. The molecule has 0 unspecified atom stereocenters. The summed E-state index contributed by atoms with van der Waals surface area (Å²) in [6.45, 7) is 3.79. The Bertz CT molecular complexity index is 582. The molecule has 1 heterocycles. The maximum atomic E-state index is 11.7. The smallest absolute Gasteiger partial charge is 0.345 e. The van der Waals surface area contributed by atoms with Crippen molar-refractivity contribution in [3.63, 3.8) is 0 Å². The van der Waals surface area contributed by atoms with Crippen LogP contribution < -0.4 is 4.74 Å². The van der Waals surface area contributed by atoms with Crippen molar-refractivity contribution in [2.75, 3.05) is 6.61 Å². The van der Waals surface area contributed by atoms with E-state index in [0.717, 1.165) is 11.1 Å². The number of hydrogen-bond donors (Lipinski definition) is 0. The molecule has 0 N–H and O–H groups in total. The third-order valence-electron chi connectivity index (χ3n) is 2.76. The molecule has 98 valence electrons. The molecule has 0 bridgehead atoms. The molecule has 19 heavy (non-hydrogen) atoms. The summed E-state index contributed by atoms with van der Waals surface area (Å²) in [5.41, 5.74) is 1.77. The number of hydrogen-bond acceptors (Lipinski definition) is 4. The van der Waals surface area contributed by atoms with E-state index in [1.807, 2.05) is 25.1 Å². The first-order valence-electron chi connectivity index (χ1n) is 5.99. The fourth-order valence-electron chi connectivity index (χ4n) is 1.85. The van der Waals surface area contributed by atoms with Gasteiger partial charge in [0.05, 0.1) is 6.61 Å². The number of fused-ring (bicyclic) bond motifs is 1. The fourth-order valence-corrected chi connectivity index (χ4v) is 1.85. The number of esters is 1. The minimum atomic E-state index is -0.670. The van der Waals surface area contributed by atoms with Crippen LogP contribution in [-0.4, -0.2) is 18.9 Å². The van der Waals surface area contributed by atoms with E-state index in [0.29, 0.717) is 12.0 Å². The predicted molar refractivity (Wildman–Crippen MR) is 70.4 cm³/mol. The van der Waals surface area contributed by atoms with Gasteiger partial charge in [0.2, 0.25) is 0 Å². The lowest BCUT2D eigenvalue weighted by molar-refractivity contribution is -0.139. The van der Waals surface area contributed by atoms with Crippen molar-refractivity contribution in [1.82, 2.24) is 0 Å². The zero-order chi connectivity index (χ0) is 13.8. The molecule has 1 aromatic rings. The lowest BCUT2D eigenvalue weighted by Gasteiger charge is -2.19. The molecular weight excluding hydrogens is 244 g/mol. The molecule has 0 atom stereocenters. The van der Waals surface area contributed by atoms with E-state index in [9.17, 15) is 9.59 Å². The number of carbonyl (C=O) groups is 2. The second kappa shape index (κ2) is 5.52. The van der Waals surface area contributed by atoms with Crippen LogP contribution in [0.1, 0.15) is 19.4 Å². The topological polar surface area (TPSA) is 52.6 Å². The van der Waals surface area contributed by atoms with Crippen LogP contribution in [0.25, 0.3) is 5.57 Å². The highest BCUT2D eigenvalue weighted by Crippen LogP contribution is 2.33. The molecule has 1 aliphatic heterocycles. The number of ether oxygens (including phenoxy) is 2. The van der Waals surface area contributed by atoms with Crippen molar-refractivity contribution in [2.24, 2.45) is 0 Å². The van der Waals surface area contributed by atoms with E-state index in [4.69, 9.17) is 9.47 Å². The van der Waals surface area contributed by atoms with E-state index in [-0.39, 0.29) is 17.9 Å². The first-order valence-corrected chi connectivity index (χ1v) is 5.99. The maximum absolute atomic E-state index is 11.7. The second-order valence-corrected chi connectivity index (χ2v) is 4.04. The van der Waals surface area contributed by atoms with Crippen LogP contribution in [0.4, 0.5) is 0 Å². The van der Waals surface area contributed by atoms with E-state index in [1.54, 1.807) is 19.1 Å². The Kier molecular flexibility index (Phi) is 3.80. The number of rotatable bonds is 3. The average molecular weight is 258 g/mol. The molecule has 1 aliphatic rings. The third-order valence-corrected chi connectivity index (χ3v) is 2.76. The van der Waals surface area contributed by atoms with Crippen molar-refractivity contribution in [3.8, 4) is 5.75 Å². The summed E-state index contributed by atoms with van der Waals surface area (Å²) in [6.07, 6.45) is 2.13. The normalized spacial score (nSPS) is 15.8. The Labute approximate surface area is 111 Å². The Morgan fingerprint density at radius 3 is 2.79 bits per heavy atom. The second-order valence-electron chi connectivity index (χ2n) is 4.04. The molecule has 0 saturated heterocycles. The highest BCUT2D eigenvalue weighted by Gasteiger charge is 2.21. The molecule has 0 saturated carbocycles. The monoisotopic (exact) mass is 258 g/mol. The predicted octanol–water partition coefficient (Wildman–Crippen LogP) is 2.50. The van der Waals surface area contributed by atoms with Crippen molar-refractivity contribution in [1.29, 1.82) is 0 Å². The lowest BCUT2D eigenvalue weighted by atomic mass is 10.0. The zero-order valence-electron chi connectivity index (χ0n) is 10.8. The van der Waals surface area contributed by atoms with Crippen LogP contribution in [0, 0.1) is 0 Å². The van der Waals surface area contributed by atoms with Crippen LogP contribution in [0.2, 0.25) is 0 Å². The molecular formula is C15H14O4. The summed E-state index contributed by atoms with van der Waals surface area (Å²) >= 11 is 0. The molecule has 0 aliphatic carbocycles. The quantitative estimate of drug-likeness (QED) is 0.275. The van der Waals surface area contributed by atoms with Gasteiger partial charge in [-0.15, -0.1) is 0 Å². The molecule has 0 aromatic heterocycles. The van der Waals surface area contributed by atoms with Gasteiger partial charge in [0.1, 0.15) is 17.1 Å². The van der Waals surface area contributed by atoms with E-state index in [1.165, 1.54) is 0 Å². The number of carbonyl (C=O) groups excluding carboxylic acids is 2. The standard InChI is InChI=1S/C15H14O4/c1-3-18-15(17)12(9-16)14-8-10(2)11-6-4-5-7-13(11)19-14/h4-9H,3H2,1-2H3. The minimum Gasteiger partial charge on any atom is -0.462 e. The SMILES string of the molecule is CCOC(=O)C(C=O)=C1C=C(C)c2ccccc2O1. The summed E-state index contributed by atoms with van der Waals surface area (Å²) in [4.78, 5) is 22.7. The Balaban J connectivity index is 2.46. The number of para-hydroxylation sites is 1. The summed E-state index contributed by atoms with van der Waals surface area (Å²) in [5.74, 6) is 0.182. The number of allylic oxidation sites excluding steroid dienone is 2. The largest absolute Gasteiger partial charge is 0.462 e. The van der Waals surface area contributed by atoms with Gasteiger partial charge in [-0.05, 0) is 31.6 Å². The van der Waals surface area contributed by atoms with Crippen LogP contribution in [0.5, 0.6) is 5.75 Å². The number of benzene rings is 1. The summed E-state index contributed by atoms with van der Waals surface area (Å²) < 4.78 is 10.4. The molecule has 4 nitrogen and oxygen atoms in total. The van der Waals surface area contributed by atoms with Crippen LogP contribution >= 0.6 is 0 Å². The molecule has 2 rings (SSSR count). The zero-order valence-corrected chi connectivity index (χ0v) is 10.8. The highest BCUT2D eigenvalue weighted by atomic mass is 16.5. The molecule has 1 aromatic carbocycles. The van der Waals surface area contributed by atoms with Gasteiger partial charge >= 0.3 is 5.97 Å². The van der Waals surface area contributed by atoms with Gasteiger partial charge in [0.15, 0.2) is 6.29 Å². The van der Waals surface area contributed by atoms with Crippen molar-refractivity contribution in [2.45, 2.75) is 13.8 Å². The average Bonchev–Trinajstić information content (AvgIpc) is 2.40. The Hall–Kier alpha value is -2.36. The molecule has 0 amide bonds. The van der Waals surface area contributed by atoms with Crippen molar-refractivity contribution in [3.05, 3.63) is 47.2 Å². The van der Waals surface area contributed by atoms with Gasteiger partial charge in [-0.1, -0.05) is 18.2 Å². The maximum Gasteiger partial charge on any atom is 0.345 e. The fraction of sp³-hybridized carbons (Fsp3) is 0.200. The van der Waals surface area contributed by atoms with Crippen molar-refractivity contribution >= 4 is 17.8 Å². The summed E-state index contributed by atoms with van der Waals surface area (Å²) in [5, 5.41) is 0. The first kappa shape index (κ1) is 13.1. The van der Waals surface area contributed by atoms with Crippen LogP contribution in [-0.2, 0) is 14.3 Å². The minimum absolute atomic E-state index is 0.101. The summed E-state index contributed by atoms with van der Waals surface area (Å²) in [7, 11) is 0. The van der Waals surface area contributed by atoms with Gasteiger partial charge in [-0.25, -0.2) is 4.79 Å². The van der Waals surface area contributed by atoms with E-state index in [2.05, 4.69) is 0 Å². The van der Waals surface area contributed by atoms with E-state index < -0.39 is 5.97 Å². The van der Waals surface area contributed by atoms with Crippen molar-refractivity contribution < 1.29 is 19.1 Å². The molecule has 0 fully saturated rings. The van der Waals surface area contributed by atoms with Crippen LogP contribution in [0.3, 0.4) is 0 Å². The third kappa shape index (κ3) is 2.57. The molecule has 4 heteroatoms. The Morgan fingerprint density at radius 1 is 1.37 bits per heavy atom. The highest BCUT2D eigenvalue weighted by molar-refractivity contribution is 6.09.